The first-order chi connectivity index (χ1) is 28.1. The number of hydrogen-bond donors (Lipinski definition) is 0. The summed E-state index contributed by atoms with van der Waals surface area (Å²) in [6.45, 7) is 4.98. The van der Waals surface area contributed by atoms with Crippen LogP contribution in [0, 0.1) is 0 Å². The van der Waals surface area contributed by atoms with Gasteiger partial charge in [-0.15, -0.1) is 0 Å². The van der Waals surface area contributed by atoms with E-state index in [0.29, 0.717) is 30.9 Å². The topological polar surface area (TPSA) is 55.6 Å². The van der Waals surface area contributed by atoms with Crippen LogP contribution in [0.1, 0.15) is 39.5 Å². The van der Waals surface area contributed by atoms with Crippen LogP contribution in [0.2, 0.25) is 0 Å². The first-order valence-electron chi connectivity index (χ1n) is 17.8. The van der Waals surface area contributed by atoms with Crippen LogP contribution in [0.15, 0.2) is 87.3 Å². The predicted molar refractivity (Wildman–Crippen MR) is 187 cm³/mol. The van der Waals surface area contributed by atoms with Gasteiger partial charge in [-0.3, -0.25) is 4.79 Å². The van der Waals surface area contributed by atoms with Crippen LogP contribution in [-0.2, 0) is 0 Å². The van der Waals surface area contributed by atoms with Crippen LogP contribution >= 0.6 is 0 Å². The van der Waals surface area contributed by atoms with E-state index in [1.54, 1.807) is 6.07 Å². The van der Waals surface area contributed by atoms with Gasteiger partial charge in [0.05, 0.1) is 11.1 Å². The average molecular weight is 897 g/mol. The molecule has 0 saturated heterocycles. The maximum Gasteiger partial charge on any atom is 0.449 e. The SMILES string of the molecule is CCCCN(CCCC)c1ccc2nc3c4ccccc4c(=O)c(-c4ccccc4OC(=C(C(F)(C(F)(F)F)C(F)(F)F)C(F)(C(F)(F)F)C(F)(F)F)C(F)(F)F)c-3oc2c1. The molecule has 0 aromatic heterocycles. The van der Waals surface area contributed by atoms with Crippen molar-refractivity contribution in [2.24, 2.45) is 0 Å². The van der Waals surface area contributed by atoms with Crippen molar-refractivity contribution in [1.29, 1.82) is 0 Å². The summed E-state index contributed by atoms with van der Waals surface area (Å²) in [5, 5.41) is -0.329. The molecule has 0 atom stereocenters. The first-order valence-corrected chi connectivity index (χ1v) is 17.8. The number of aromatic nitrogens is 1. The molecule has 0 amide bonds. The number of halogens is 17. The Morgan fingerprint density at radius 2 is 1.15 bits per heavy atom. The van der Waals surface area contributed by atoms with Gasteiger partial charge in [0.15, 0.2) is 16.8 Å². The molecule has 0 unspecified atom stereocenters. The lowest BCUT2D eigenvalue weighted by molar-refractivity contribution is -0.365. The van der Waals surface area contributed by atoms with E-state index < -0.39 is 81.6 Å². The van der Waals surface area contributed by atoms with Crippen LogP contribution in [0.4, 0.5) is 80.3 Å². The van der Waals surface area contributed by atoms with Crippen molar-refractivity contribution >= 4 is 27.6 Å². The van der Waals surface area contributed by atoms with E-state index in [1.165, 1.54) is 30.3 Å². The Kier molecular flexibility index (Phi) is 12.4. The van der Waals surface area contributed by atoms with Crippen molar-refractivity contribution in [1.82, 2.24) is 4.98 Å². The molecule has 5 rings (SSSR count). The third kappa shape index (κ3) is 8.25. The second-order valence-corrected chi connectivity index (χ2v) is 13.6. The van der Waals surface area contributed by atoms with Gasteiger partial charge in [0, 0.05) is 41.2 Å². The van der Waals surface area contributed by atoms with Gasteiger partial charge in [-0.05, 0) is 31.0 Å². The summed E-state index contributed by atoms with van der Waals surface area (Å²) in [6, 6.07) is 11.9. The van der Waals surface area contributed by atoms with Gasteiger partial charge in [-0.2, -0.15) is 65.9 Å². The lowest BCUT2D eigenvalue weighted by atomic mass is 9.79. The highest BCUT2D eigenvalue weighted by Gasteiger charge is 2.88. The molecule has 61 heavy (non-hydrogen) atoms. The molecule has 0 saturated carbocycles. The smallest absolute Gasteiger partial charge is 0.449 e. The number of alkyl halides is 17. The lowest BCUT2D eigenvalue weighted by Gasteiger charge is -2.41. The normalized spacial score (nSPS) is 13.6. The molecule has 0 spiro atoms. The van der Waals surface area contributed by atoms with Gasteiger partial charge < -0.3 is 14.1 Å². The third-order valence-corrected chi connectivity index (χ3v) is 9.52. The number of rotatable bonds is 12. The summed E-state index contributed by atoms with van der Waals surface area (Å²) >= 11 is 0. The standard InChI is InChI=1S/C39H29F17N2O3/c1-3-5-17-58(18-6-4-2)20-15-16-24-26(19-20)60-30-27(29(59)22-12-8-7-11-21(22)28(30)57-24)23-13-9-10-14-25(23)61-32(35(42,43)44)31(33(40,36(45,46)47)37(48,49)50)34(41,38(51,52)53)39(54,55)56/h7-16,19H,3-6,17-18H2,1-2H3. The summed E-state index contributed by atoms with van der Waals surface area (Å²) in [5.74, 6) is -7.25. The minimum Gasteiger partial charge on any atom is -0.452 e. The van der Waals surface area contributed by atoms with Gasteiger partial charge in [-0.25, -0.2) is 13.8 Å². The molecular weight excluding hydrogens is 867 g/mol. The van der Waals surface area contributed by atoms with Gasteiger partial charge in [0.25, 0.3) is 0 Å². The maximum absolute atomic E-state index is 15.5. The monoisotopic (exact) mass is 896 g/mol. The number of nitrogens with zero attached hydrogens (tertiary/aromatic N) is 2. The van der Waals surface area contributed by atoms with E-state index in [9.17, 15) is 70.7 Å². The highest BCUT2D eigenvalue weighted by Crippen LogP contribution is 2.63. The number of ether oxygens (including phenoxy) is 1. The van der Waals surface area contributed by atoms with Gasteiger partial charge in [0.2, 0.25) is 5.76 Å². The largest absolute Gasteiger partial charge is 0.452 e. The molecule has 2 aliphatic rings. The average Bonchev–Trinajstić information content (AvgIpc) is 3.15. The quantitative estimate of drug-likeness (QED) is 0.0540. The summed E-state index contributed by atoms with van der Waals surface area (Å²) in [6.07, 6.45) is -37.1. The molecule has 1 aliphatic heterocycles. The molecule has 0 N–H and O–H groups in total. The van der Waals surface area contributed by atoms with Crippen LogP contribution in [0.3, 0.4) is 0 Å². The van der Waals surface area contributed by atoms with Crippen molar-refractivity contribution in [3.63, 3.8) is 0 Å². The van der Waals surface area contributed by atoms with E-state index in [1.807, 2.05) is 18.7 Å². The van der Waals surface area contributed by atoms with Crippen molar-refractivity contribution < 1.29 is 83.8 Å². The first kappa shape index (κ1) is 46.8. The number of allylic oxidation sites excluding steroid dienone is 2. The molecule has 1 aliphatic carbocycles. The molecule has 3 aromatic rings. The molecule has 5 nitrogen and oxygen atoms in total. The van der Waals surface area contributed by atoms with Crippen molar-refractivity contribution in [3.05, 3.63) is 88.3 Å². The fourth-order valence-corrected chi connectivity index (χ4v) is 6.55. The number of hydrogen-bond acceptors (Lipinski definition) is 5. The Bertz CT molecular complexity index is 2370. The van der Waals surface area contributed by atoms with Crippen LogP contribution in [0.5, 0.6) is 5.75 Å². The Balaban J connectivity index is 1.94. The number of para-hydroxylation sites is 1. The Morgan fingerprint density at radius 3 is 1.64 bits per heavy atom. The Labute approximate surface area is 332 Å². The zero-order valence-corrected chi connectivity index (χ0v) is 31.1. The molecule has 1 heterocycles. The fourth-order valence-electron chi connectivity index (χ4n) is 6.55. The van der Waals surface area contributed by atoms with E-state index in [2.05, 4.69) is 9.72 Å². The van der Waals surface area contributed by atoms with Crippen molar-refractivity contribution in [3.8, 4) is 28.3 Å². The van der Waals surface area contributed by atoms with Crippen LogP contribution in [0.25, 0.3) is 44.5 Å². The van der Waals surface area contributed by atoms with E-state index in [0.717, 1.165) is 37.8 Å². The Morgan fingerprint density at radius 1 is 0.656 bits per heavy atom. The maximum atomic E-state index is 15.5. The molecule has 3 aromatic carbocycles. The van der Waals surface area contributed by atoms with Crippen LogP contribution < -0.4 is 15.1 Å². The summed E-state index contributed by atoms with van der Waals surface area (Å²) < 4.78 is 253. The van der Waals surface area contributed by atoms with Crippen molar-refractivity contribution in [2.75, 3.05) is 18.0 Å². The van der Waals surface area contributed by atoms with E-state index in [4.69, 9.17) is 4.42 Å². The fraction of sp³-hybridized carbons (Fsp3) is 0.385. The predicted octanol–water partition coefficient (Wildman–Crippen LogP) is 13.4. The second kappa shape index (κ2) is 16.2. The van der Waals surface area contributed by atoms with Gasteiger partial charge >= 0.3 is 42.2 Å². The number of unbranched alkanes of at least 4 members (excludes halogenated alkanes) is 2. The van der Waals surface area contributed by atoms with E-state index >= 15 is 8.78 Å². The molecule has 0 radical (unpaired) electrons. The van der Waals surface area contributed by atoms with Gasteiger partial charge in [-0.1, -0.05) is 69.2 Å². The zero-order valence-electron chi connectivity index (χ0n) is 31.1. The zero-order chi connectivity index (χ0) is 45.7. The molecular formula is C39H29F17N2O3. The summed E-state index contributed by atoms with van der Waals surface area (Å²) in [5.41, 5.74) is -25.6. The molecule has 332 valence electrons. The van der Waals surface area contributed by atoms with E-state index in [-0.39, 0.29) is 33.6 Å². The Hall–Kier alpha value is -5.31. The number of anilines is 1. The number of fused-ring (bicyclic) bond motifs is 4. The lowest BCUT2D eigenvalue weighted by Crippen LogP contribution is -2.67. The minimum atomic E-state index is -8.39. The highest BCUT2D eigenvalue weighted by atomic mass is 19.4. The molecule has 0 fully saturated rings. The molecule has 0 bridgehead atoms. The summed E-state index contributed by atoms with van der Waals surface area (Å²) in [4.78, 5) is 20.7. The van der Waals surface area contributed by atoms with Crippen LogP contribution in [-0.4, -0.2) is 60.3 Å². The summed E-state index contributed by atoms with van der Waals surface area (Å²) in [7, 11) is 0. The number of benzene rings is 4. The van der Waals surface area contributed by atoms with Crippen molar-refractivity contribution in [2.45, 2.75) is 81.7 Å². The van der Waals surface area contributed by atoms with Gasteiger partial charge in [0.1, 0.15) is 17.0 Å². The highest BCUT2D eigenvalue weighted by molar-refractivity contribution is 6.03. The second-order valence-electron chi connectivity index (χ2n) is 13.6. The minimum absolute atomic E-state index is 0.000177. The third-order valence-electron chi connectivity index (χ3n) is 9.52. The molecule has 22 heteroatoms.